The van der Waals surface area contributed by atoms with Crippen molar-refractivity contribution in [1.29, 1.82) is 0 Å². The highest BCUT2D eigenvalue weighted by molar-refractivity contribution is 5.93. The number of aryl methyl sites for hydroxylation is 1. The number of carbonyl (C=O) groups excluding carboxylic acids is 1. The van der Waals surface area contributed by atoms with Crippen molar-refractivity contribution >= 4 is 5.91 Å². The number of halogens is 3. The van der Waals surface area contributed by atoms with Crippen LogP contribution in [0.25, 0.3) is 0 Å². The molecule has 23 heavy (non-hydrogen) atoms. The summed E-state index contributed by atoms with van der Waals surface area (Å²) in [6, 6.07) is 13.0. The summed E-state index contributed by atoms with van der Waals surface area (Å²) >= 11 is 0. The van der Waals surface area contributed by atoms with Crippen LogP contribution in [0.5, 0.6) is 0 Å². The summed E-state index contributed by atoms with van der Waals surface area (Å²) in [7, 11) is 0. The zero-order valence-electron chi connectivity index (χ0n) is 12.5. The van der Waals surface area contributed by atoms with Crippen molar-refractivity contribution < 1.29 is 18.0 Å². The summed E-state index contributed by atoms with van der Waals surface area (Å²) in [6.45, 7) is 1.86. The predicted octanol–water partition coefficient (Wildman–Crippen LogP) is 3.40. The molecule has 2 aromatic rings. The Hall–Kier alpha value is -2.34. The first-order valence-electron chi connectivity index (χ1n) is 7.09. The van der Waals surface area contributed by atoms with Gasteiger partial charge in [0.15, 0.2) is 0 Å². The van der Waals surface area contributed by atoms with Crippen LogP contribution in [0.1, 0.15) is 21.5 Å². The van der Waals surface area contributed by atoms with Gasteiger partial charge in [-0.2, -0.15) is 13.2 Å². The molecule has 1 amide bonds. The maximum atomic E-state index is 13.1. The van der Waals surface area contributed by atoms with E-state index in [1.807, 2.05) is 6.92 Å². The molecular formula is C17H17F3N2O. The van der Waals surface area contributed by atoms with Gasteiger partial charge in [-0.05, 0) is 31.0 Å². The Balaban J connectivity index is 2.02. The second-order valence-corrected chi connectivity index (χ2v) is 5.25. The van der Waals surface area contributed by atoms with Crippen LogP contribution in [0, 0.1) is 6.92 Å². The van der Waals surface area contributed by atoms with Gasteiger partial charge in [0.05, 0.1) is 0 Å². The topological polar surface area (TPSA) is 41.1 Å². The van der Waals surface area contributed by atoms with Gasteiger partial charge in [-0.1, -0.05) is 48.0 Å². The lowest BCUT2D eigenvalue weighted by atomic mass is 10.0. The van der Waals surface area contributed by atoms with Crippen LogP contribution in [-0.4, -0.2) is 18.1 Å². The normalized spacial score (nSPS) is 12.7. The third kappa shape index (κ3) is 5.10. The van der Waals surface area contributed by atoms with E-state index in [0.29, 0.717) is 5.56 Å². The van der Waals surface area contributed by atoms with E-state index in [1.165, 1.54) is 12.1 Å². The highest BCUT2D eigenvalue weighted by Gasteiger charge is 2.39. The molecule has 2 rings (SSSR count). The number of hydrogen-bond donors (Lipinski definition) is 2. The second-order valence-electron chi connectivity index (χ2n) is 5.25. The van der Waals surface area contributed by atoms with Crippen LogP contribution in [0.4, 0.5) is 13.2 Å². The van der Waals surface area contributed by atoms with Crippen molar-refractivity contribution in [2.45, 2.75) is 25.6 Å². The molecule has 0 aromatic heterocycles. The van der Waals surface area contributed by atoms with Crippen molar-refractivity contribution in [3.05, 3.63) is 71.3 Å². The molecule has 0 aliphatic carbocycles. The number of nitrogens with one attached hydrogen (secondary N) is 2. The number of hydrogen-bond acceptors (Lipinski definition) is 2. The Kier molecular flexibility index (Phi) is 5.39. The van der Waals surface area contributed by atoms with Gasteiger partial charge in [0.2, 0.25) is 0 Å². The summed E-state index contributed by atoms with van der Waals surface area (Å²) in [5.74, 6) is -0.608. The van der Waals surface area contributed by atoms with Crippen molar-refractivity contribution in [2.75, 3.05) is 0 Å². The van der Waals surface area contributed by atoms with Gasteiger partial charge in [-0.15, -0.1) is 0 Å². The van der Waals surface area contributed by atoms with Crippen LogP contribution in [-0.2, 0) is 6.42 Å². The molecule has 0 fully saturated rings. The summed E-state index contributed by atoms with van der Waals surface area (Å²) in [6.07, 6.45) is -4.74. The van der Waals surface area contributed by atoms with E-state index in [9.17, 15) is 18.0 Å². The molecule has 2 N–H and O–H groups in total. The number of alkyl halides is 3. The van der Waals surface area contributed by atoms with E-state index in [4.69, 9.17) is 0 Å². The second kappa shape index (κ2) is 7.28. The van der Waals surface area contributed by atoms with Crippen LogP contribution in [0.3, 0.4) is 0 Å². The minimum Gasteiger partial charge on any atom is -0.287 e. The van der Waals surface area contributed by atoms with Crippen molar-refractivity contribution in [3.63, 3.8) is 0 Å². The molecule has 0 bridgehead atoms. The Labute approximate surface area is 132 Å². The number of benzene rings is 2. The van der Waals surface area contributed by atoms with Gasteiger partial charge in [0, 0.05) is 5.56 Å². The Morgan fingerprint density at radius 2 is 1.65 bits per heavy atom. The molecule has 0 saturated heterocycles. The summed E-state index contributed by atoms with van der Waals surface area (Å²) in [4.78, 5) is 11.8. The maximum absolute atomic E-state index is 13.1. The van der Waals surface area contributed by atoms with E-state index in [1.54, 1.807) is 42.5 Å². The fourth-order valence-corrected chi connectivity index (χ4v) is 2.02. The minimum atomic E-state index is -4.48. The SMILES string of the molecule is Cc1ccc(C[C@@H](NNC(=O)c2ccccc2)C(F)(F)F)cc1. The minimum absolute atomic E-state index is 0.265. The van der Waals surface area contributed by atoms with E-state index in [-0.39, 0.29) is 12.0 Å². The van der Waals surface area contributed by atoms with E-state index >= 15 is 0 Å². The zero-order chi connectivity index (χ0) is 16.9. The molecule has 0 aliphatic heterocycles. The van der Waals surface area contributed by atoms with Gasteiger partial charge in [0.1, 0.15) is 6.04 Å². The number of rotatable bonds is 5. The third-order valence-electron chi connectivity index (χ3n) is 3.35. The van der Waals surface area contributed by atoms with Crippen LogP contribution in [0.15, 0.2) is 54.6 Å². The molecular weight excluding hydrogens is 305 g/mol. The maximum Gasteiger partial charge on any atom is 0.405 e. The van der Waals surface area contributed by atoms with Gasteiger partial charge in [-0.25, -0.2) is 5.43 Å². The highest BCUT2D eigenvalue weighted by atomic mass is 19.4. The Morgan fingerprint density at radius 1 is 1.04 bits per heavy atom. The molecule has 0 heterocycles. The van der Waals surface area contributed by atoms with Crippen molar-refractivity contribution in [1.82, 2.24) is 10.9 Å². The van der Waals surface area contributed by atoms with Crippen LogP contribution >= 0.6 is 0 Å². The van der Waals surface area contributed by atoms with E-state index < -0.39 is 18.1 Å². The molecule has 122 valence electrons. The molecule has 1 atom stereocenters. The molecule has 6 heteroatoms. The first-order chi connectivity index (χ1) is 10.9. The predicted molar refractivity (Wildman–Crippen MR) is 81.8 cm³/mol. The molecule has 0 unspecified atom stereocenters. The van der Waals surface area contributed by atoms with Crippen LogP contribution in [0.2, 0.25) is 0 Å². The van der Waals surface area contributed by atoms with Crippen LogP contribution < -0.4 is 10.9 Å². The molecule has 2 aromatic carbocycles. The monoisotopic (exact) mass is 322 g/mol. The standard InChI is InChI=1S/C17H17F3N2O/c1-12-7-9-13(10-8-12)11-15(17(18,19)20)21-22-16(23)14-5-3-2-4-6-14/h2-10,15,21H,11H2,1H3,(H,22,23)/t15-/m1/s1. The van der Waals surface area contributed by atoms with Gasteiger partial charge < -0.3 is 0 Å². The lowest BCUT2D eigenvalue weighted by Crippen LogP contribution is -2.52. The third-order valence-corrected chi connectivity index (χ3v) is 3.35. The van der Waals surface area contributed by atoms with Gasteiger partial charge >= 0.3 is 6.18 Å². The summed E-state index contributed by atoms with van der Waals surface area (Å²) in [5.41, 5.74) is 6.03. The largest absolute Gasteiger partial charge is 0.405 e. The Morgan fingerprint density at radius 3 is 2.22 bits per heavy atom. The number of amides is 1. The fraction of sp³-hybridized carbons (Fsp3) is 0.235. The molecule has 0 aliphatic rings. The first kappa shape index (κ1) is 17.0. The molecule has 0 spiro atoms. The number of hydrazine groups is 1. The number of carbonyl (C=O) groups is 1. The quantitative estimate of drug-likeness (QED) is 0.829. The zero-order valence-corrected chi connectivity index (χ0v) is 12.5. The fourth-order valence-electron chi connectivity index (χ4n) is 2.02. The van der Waals surface area contributed by atoms with E-state index in [0.717, 1.165) is 5.56 Å². The van der Waals surface area contributed by atoms with Crippen molar-refractivity contribution in [2.24, 2.45) is 0 Å². The average Bonchev–Trinajstić information content (AvgIpc) is 2.52. The summed E-state index contributed by atoms with van der Waals surface area (Å²) < 4.78 is 39.4. The Bertz CT molecular complexity index is 639. The first-order valence-corrected chi connectivity index (χ1v) is 7.09. The lowest BCUT2D eigenvalue weighted by Gasteiger charge is -2.22. The molecule has 0 saturated carbocycles. The summed E-state index contributed by atoms with van der Waals surface area (Å²) in [5, 5.41) is 0. The smallest absolute Gasteiger partial charge is 0.287 e. The molecule has 3 nitrogen and oxygen atoms in total. The highest BCUT2D eigenvalue weighted by Crippen LogP contribution is 2.23. The lowest BCUT2D eigenvalue weighted by molar-refractivity contribution is -0.157. The molecule has 0 radical (unpaired) electrons. The van der Waals surface area contributed by atoms with Gasteiger partial charge in [-0.3, -0.25) is 10.2 Å². The average molecular weight is 322 g/mol. The van der Waals surface area contributed by atoms with E-state index in [2.05, 4.69) is 10.9 Å². The van der Waals surface area contributed by atoms with Gasteiger partial charge in [0.25, 0.3) is 5.91 Å². The van der Waals surface area contributed by atoms with Crippen molar-refractivity contribution in [3.8, 4) is 0 Å².